The van der Waals surface area contributed by atoms with Gasteiger partial charge in [-0.1, -0.05) is 37.3 Å². The van der Waals surface area contributed by atoms with Gasteiger partial charge in [0.25, 0.3) is 0 Å². The Bertz CT molecular complexity index is 388. The number of rotatable bonds is 5. The van der Waals surface area contributed by atoms with Gasteiger partial charge in [0.1, 0.15) is 12.4 Å². The maximum Gasteiger partial charge on any atom is 0.124 e. The third-order valence-corrected chi connectivity index (χ3v) is 3.64. The van der Waals surface area contributed by atoms with Crippen molar-refractivity contribution in [3.8, 4) is 5.75 Å². The molecule has 1 aliphatic rings. The average Bonchev–Trinajstić information content (AvgIpc) is 2.40. The number of nitrogens with zero attached hydrogens (tertiary/aromatic N) is 1. The third-order valence-electron chi connectivity index (χ3n) is 3.64. The van der Waals surface area contributed by atoms with E-state index in [-0.39, 0.29) is 0 Å². The summed E-state index contributed by atoms with van der Waals surface area (Å²) in [4.78, 5) is 2.56. The Morgan fingerprint density at radius 1 is 1.39 bits per heavy atom. The van der Waals surface area contributed by atoms with E-state index in [4.69, 9.17) is 4.74 Å². The highest BCUT2D eigenvalue weighted by Crippen LogP contribution is 2.24. The predicted molar refractivity (Wildman–Crippen MR) is 75.9 cm³/mol. The van der Waals surface area contributed by atoms with Gasteiger partial charge >= 0.3 is 0 Å². The molecule has 18 heavy (non-hydrogen) atoms. The summed E-state index contributed by atoms with van der Waals surface area (Å²) in [5, 5.41) is 0. The van der Waals surface area contributed by atoms with Crippen molar-refractivity contribution in [2.24, 2.45) is 0 Å². The molecule has 2 nitrogen and oxygen atoms in total. The molecule has 0 spiro atoms. The highest BCUT2D eigenvalue weighted by Gasteiger charge is 2.19. The summed E-state index contributed by atoms with van der Waals surface area (Å²) in [6.45, 7) is 8.80. The number of ether oxygens (including phenoxy) is 1. The number of piperidine rings is 1. The lowest BCUT2D eigenvalue weighted by atomic mass is 10.0. The molecule has 1 heterocycles. The van der Waals surface area contributed by atoms with Crippen LogP contribution in [0.25, 0.3) is 0 Å². The fourth-order valence-corrected chi connectivity index (χ4v) is 2.54. The van der Waals surface area contributed by atoms with E-state index in [0.717, 1.165) is 12.3 Å². The molecular formula is C16H23NO. The Labute approximate surface area is 110 Å². The Morgan fingerprint density at radius 2 is 2.22 bits per heavy atom. The van der Waals surface area contributed by atoms with Crippen LogP contribution in [0, 0.1) is 0 Å². The molecule has 2 heteroatoms. The summed E-state index contributed by atoms with van der Waals surface area (Å²) in [6.07, 6.45) is 5.79. The monoisotopic (exact) mass is 245 g/mol. The molecule has 2 rings (SSSR count). The van der Waals surface area contributed by atoms with E-state index in [9.17, 15) is 0 Å². The Balaban J connectivity index is 2.05. The lowest BCUT2D eigenvalue weighted by Crippen LogP contribution is -2.36. The van der Waals surface area contributed by atoms with Crippen molar-refractivity contribution in [3.05, 3.63) is 42.5 Å². The molecule has 1 aromatic rings. The second-order valence-corrected chi connectivity index (χ2v) is 5.02. The smallest absolute Gasteiger partial charge is 0.124 e. The number of hydrogen-bond acceptors (Lipinski definition) is 2. The lowest BCUT2D eigenvalue weighted by molar-refractivity contribution is 0.151. The van der Waals surface area contributed by atoms with Crippen molar-refractivity contribution in [2.75, 3.05) is 13.2 Å². The number of para-hydroxylation sites is 1. The fourth-order valence-electron chi connectivity index (χ4n) is 2.54. The quantitative estimate of drug-likeness (QED) is 0.735. The van der Waals surface area contributed by atoms with Gasteiger partial charge in [0.05, 0.1) is 0 Å². The zero-order valence-corrected chi connectivity index (χ0v) is 11.3. The van der Waals surface area contributed by atoms with E-state index in [1.54, 1.807) is 6.08 Å². The maximum atomic E-state index is 5.72. The van der Waals surface area contributed by atoms with Crippen molar-refractivity contribution in [1.29, 1.82) is 0 Å². The summed E-state index contributed by atoms with van der Waals surface area (Å²) in [5.41, 5.74) is 1.29. The van der Waals surface area contributed by atoms with Crippen LogP contribution in [0.15, 0.2) is 36.9 Å². The first kappa shape index (κ1) is 13.2. The van der Waals surface area contributed by atoms with Gasteiger partial charge in [-0.3, -0.25) is 4.90 Å². The minimum Gasteiger partial charge on any atom is -0.489 e. The van der Waals surface area contributed by atoms with E-state index in [2.05, 4.69) is 30.5 Å². The van der Waals surface area contributed by atoms with Gasteiger partial charge in [0.2, 0.25) is 0 Å². The molecule has 0 N–H and O–H groups in total. The molecule has 1 atom stereocenters. The Hall–Kier alpha value is -1.28. The molecule has 1 fully saturated rings. The summed E-state index contributed by atoms with van der Waals surface area (Å²) in [7, 11) is 0. The van der Waals surface area contributed by atoms with E-state index >= 15 is 0 Å². The van der Waals surface area contributed by atoms with Crippen LogP contribution in [-0.2, 0) is 6.54 Å². The van der Waals surface area contributed by atoms with Crippen molar-refractivity contribution < 1.29 is 4.74 Å². The molecule has 0 saturated carbocycles. The number of hydrogen-bond donors (Lipinski definition) is 0. The van der Waals surface area contributed by atoms with Crippen LogP contribution in [0.5, 0.6) is 5.75 Å². The predicted octanol–water partition coefficient (Wildman–Crippen LogP) is 3.63. The van der Waals surface area contributed by atoms with Gasteiger partial charge in [-0.25, -0.2) is 0 Å². The molecule has 0 bridgehead atoms. The Morgan fingerprint density at radius 3 is 3.00 bits per heavy atom. The summed E-state index contributed by atoms with van der Waals surface area (Å²) in [6, 6.07) is 9.02. The zero-order chi connectivity index (χ0) is 12.8. The summed E-state index contributed by atoms with van der Waals surface area (Å²) < 4.78 is 5.72. The molecule has 1 saturated heterocycles. The summed E-state index contributed by atoms with van der Waals surface area (Å²) in [5.74, 6) is 0.996. The lowest BCUT2D eigenvalue weighted by Gasteiger charge is -2.33. The minimum absolute atomic E-state index is 0.576. The van der Waals surface area contributed by atoms with Crippen molar-refractivity contribution >= 4 is 0 Å². The van der Waals surface area contributed by atoms with Crippen molar-refractivity contribution in [2.45, 2.75) is 38.8 Å². The number of benzene rings is 1. The molecule has 98 valence electrons. The van der Waals surface area contributed by atoms with Crippen LogP contribution in [0.3, 0.4) is 0 Å². The normalized spacial score (nSPS) is 20.6. The van der Waals surface area contributed by atoms with Crippen LogP contribution >= 0.6 is 0 Å². The molecule has 1 aromatic carbocycles. The molecule has 0 aromatic heterocycles. The maximum absolute atomic E-state index is 5.72. The first-order valence-corrected chi connectivity index (χ1v) is 6.87. The van der Waals surface area contributed by atoms with E-state index in [1.165, 1.54) is 31.4 Å². The zero-order valence-electron chi connectivity index (χ0n) is 11.3. The highest BCUT2D eigenvalue weighted by atomic mass is 16.5. The second-order valence-electron chi connectivity index (χ2n) is 5.02. The van der Waals surface area contributed by atoms with Crippen LogP contribution in [0.2, 0.25) is 0 Å². The van der Waals surface area contributed by atoms with Crippen LogP contribution in [0.4, 0.5) is 0 Å². The highest BCUT2D eigenvalue weighted by molar-refractivity contribution is 5.33. The average molecular weight is 245 g/mol. The minimum atomic E-state index is 0.576. The first-order chi connectivity index (χ1) is 8.81. The molecular weight excluding hydrogens is 222 g/mol. The molecule has 0 radical (unpaired) electrons. The van der Waals surface area contributed by atoms with E-state index in [1.807, 2.05) is 12.1 Å². The first-order valence-electron chi connectivity index (χ1n) is 6.87. The molecule has 0 amide bonds. The van der Waals surface area contributed by atoms with Crippen LogP contribution in [-0.4, -0.2) is 24.1 Å². The fraction of sp³-hybridized carbons (Fsp3) is 0.500. The van der Waals surface area contributed by atoms with Crippen LogP contribution < -0.4 is 4.74 Å². The standard InChI is InChI=1S/C16H23NO/c1-3-12-18-16-10-5-4-9-15(16)13-17-11-7-6-8-14(17)2/h3-5,9-10,14H,1,6-8,11-13H2,2H3/t14-/m1/s1. The Kier molecular flexibility index (Phi) is 4.82. The van der Waals surface area contributed by atoms with Crippen molar-refractivity contribution in [3.63, 3.8) is 0 Å². The molecule has 0 unspecified atom stereocenters. The topological polar surface area (TPSA) is 12.5 Å². The van der Waals surface area contributed by atoms with Gasteiger partial charge in [0, 0.05) is 18.2 Å². The van der Waals surface area contributed by atoms with E-state index < -0.39 is 0 Å². The van der Waals surface area contributed by atoms with Gasteiger partial charge in [0.15, 0.2) is 0 Å². The SMILES string of the molecule is C=CCOc1ccccc1CN1CCCC[C@H]1C. The largest absolute Gasteiger partial charge is 0.489 e. The van der Waals surface area contributed by atoms with E-state index in [0.29, 0.717) is 12.6 Å². The number of likely N-dealkylation sites (tertiary alicyclic amines) is 1. The van der Waals surface area contributed by atoms with Gasteiger partial charge in [-0.05, 0) is 32.4 Å². The second kappa shape index (κ2) is 6.60. The van der Waals surface area contributed by atoms with Gasteiger partial charge < -0.3 is 4.74 Å². The molecule has 1 aliphatic heterocycles. The van der Waals surface area contributed by atoms with Gasteiger partial charge in [-0.15, -0.1) is 0 Å². The van der Waals surface area contributed by atoms with Crippen LogP contribution in [0.1, 0.15) is 31.7 Å². The molecule has 0 aliphatic carbocycles. The van der Waals surface area contributed by atoms with Crippen molar-refractivity contribution in [1.82, 2.24) is 4.90 Å². The third kappa shape index (κ3) is 3.36. The van der Waals surface area contributed by atoms with Gasteiger partial charge in [-0.2, -0.15) is 0 Å². The summed E-state index contributed by atoms with van der Waals surface area (Å²) >= 11 is 0.